The Labute approximate surface area is 259 Å². The third-order valence-electron chi connectivity index (χ3n) is 7.86. The van der Waals surface area contributed by atoms with Crippen LogP contribution in [0.3, 0.4) is 0 Å². The van der Waals surface area contributed by atoms with E-state index in [4.69, 9.17) is 9.05 Å². The molecule has 0 spiro atoms. The first-order valence-corrected chi connectivity index (χ1v) is 18.9. The van der Waals surface area contributed by atoms with Crippen molar-refractivity contribution in [1.29, 1.82) is 0 Å². The molecule has 0 aromatic rings. The molecule has 0 saturated carbocycles. The van der Waals surface area contributed by atoms with Gasteiger partial charge in [0.1, 0.15) is 13.2 Å². The van der Waals surface area contributed by atoms with Gasteiger partial charge in [-0.05, 0) is 12.8 Å². The van der Waals surface area contributed by atoms with Crippen LogP contribution in [0, 0.1) is 0 Å². The summed E-state index contributed by atoms with van der Waals surface area (Å²) in [5.41, 5.74) is 0. The molecule has 1 unspecified atom stereocenters. The molecule has 252 valence electrons. The summed E-state index contributed by atoms with van der Waals surface area (Å²) in [5.74, 6) is -0.153. The van der Waals surface area contributed by atoms with Gasteiger partial charge >= 0.3 is 7.82 Å². The van der Waals surface area contributed by atoms with Gasteiger partial charge in [0.15, 0.2) is 0 Å². The molecule has 0 heterocycles. The van der Waals surface area contributed by atoms with Gasteiger partial charge in [0.05, 0.1) is 39.9 Å². The number of unbranched alkanes of at least 4 members (excludes halogenated alkanes) is 18. The van der Waals surface area contributed by atoms with Crippen molar-refractivity contribution in [3.63, 3.8) is 0 Å². The van der Waals surface area contributed by atoms with Gasteiger partial charge in [-0.15, -0.1) is 0 Å². The third-order valence-corrected chi connectivity index (χ3v) is 8.84. The zero-order valence-electron chi connectivity index (χ0n) is 28.3. The van der Waals surface area contributed by atoms with Gasteiger partial charge in [0.25, 0.3) is 0 Å². The van der Waals surface area contributed by atoms with Crippen LogP contribution in [-0.4, -0.2) is 73.4 Å². The van der Waals surface area contributed by atoms with Gasteiger partial charge in [-0.2, -0.15) is 0 Å². The second kappa shape index (κ2) is 26.9. The first kappa shape index (κ1) is 41.5. The number of nitrogens with one attached hydrogen (secondary N) is 1. The summed E-state index contributed by atoms with van der Waals surface area (Å²) < 4.78 is 23.4. The smallest absolute Gasteiger partial charge is 0.391 e. The highest BCUT2D eigenvalue weighted by Gasteiger charge is 2.28. The maximum Gasteiger partial charge on any atom is 0.472 e. The summed E-state index contributed by atoms with van der Waals surface area (Å²) in [6.45, 7) is 4.82. The maximum atomic E-state index is 12.6. The zero-order chi connectivity index (χ0) is 31.5. The van der Waals surface area contributed by atoms with Gasteiger partial charge < -0.3 is 19.8 Å². The molecule has 0 aliphatic carbocycles. The van der Waals surface area contributed by atoms with E-state index in [0.717, 1.165) is 38.5 Å². The molecule has 0 rings (SSSR count). The SMILES string of the molecule is CCCCCCCCCCCCCCC[C@@H](O)[C@H](COP(=O)(O)OCC[N+](C)(C)C)NC(=O)CCCCCCCCC. The molecule has 0 aliphatic heterocycles. The lowest BCUT2D eigenvalue weighted by Gasteiger charge is -2.26. The van der Waals surface area contributed by atoms with Crippen LogP contribution in [0.2, 0.25) is 0 Å². The highest BCUT2D eigenvalue weighted by Crippen LogP contribution is 2.43. The Morgan fingerprint density at radius 3 is 1.60 bits per heavy atom. The molecule has 0 radical (unpaired) electrons. The highest BCUT2D eigenvalue weighted by atomic mass is 31.2. The van der Waals surface area contributed by atoms with E-state index < -0.39 is 20.0 Å². The van der Waals surface area contributed by atoms with E-state index in [1.54, 1.807) is 0 Å². The summed E-state index contributed by atoms with van der Waals surface area (Å²) in [7, 11) is 1.62. The number of hydrogen-bond donors (Lipinski definition) is 3. The number of phosphoric ester groups is 1. The Balaban J connectivity index is 4.47. The molecular formula is C33H70N2O6P+. The van der Waals surface area contributed by atoms with Crippen LogP contribution >= 0.6 is 7.82 Å². The van der Waals surface area contributed by atoms with Crippen molar-refractivity contribution in [2.24, 2.45) is 0 Å². The minimum Gasteiger partial charge on any atom is -0.391 e. The molecule has 0 aromatic heterocycles. The van der Waals surface area contributed by atoms with Gasteiger partial charge in [-0.3, -0.25) is 13.8 Å². The molecule has 0 aromatic carbocycles. The van der Waals surface area contributed by atoms with Crippen LogP contribution in [0.25, 0.3) is 0 Å². The fraction of sp³-hybridized carbons (Fsp3) is 0.970. The summed E-state index contributed by atoms with van der Waals surface area (Å²) in [6.07, 6.45) is 24.2. The van der Waals surface area contributed by atoms with Crippen LogP contribution < -0.4 is 5.32 Å². The van der Waals surface area contributed by atoms with E-state index >= 15 is 0 Å². The number of aliphatic hydroxyl groups is 1. The fourth-order valence-electron chi connectivity index (χ4n) is 4.98. The normalized spacial score (nSPS) is 14.9. The van der Waals surface area contributed by atoms with E-state index in [0.29, 0.717) is 23.9 Å². The maximum absolute atomic E-state index is 12.6. The van der Waals surface area contributed by atoms with Crippen LogP contribution in [0.4, 0.5) is 0 Å². The lowest BCUT2D eigenvalue weighted by Crippen LogP contribution is -2.46. The first-order chi connectivity index (χ1) is 20.0. The van der Waals surface area contributed by atoms with Crippen LogP contribution in [0.5, 0.6) is 0 Å². The van der Waals surface area contributed by atoms with E-state index in [1.165, 1.54) is 89.9 Å². The van der Waals surface area contributed by atoms with Gasteiger partial charge in [0, 0.05) is 6.42 Å². The number of quaternary nitrogens is 1. The lowest BCUT2D eigenvalue weighted by molar-refractivity contribution is -0.870. The van der Waals surface area contributed by atoms with Crippen molar-refractivity contribution >= 4 is 13.7 Å². The monoisotopic (exact) mass is 621 g/mol. The highest BCUT2D eigenvalue weighted by molar-refractivity contribution is 7.47. The molecule has 9 heteroatoms. The van der Waals surface area contributed by atoms with Crippen molar-refractivity contribution in [1.82, 2.24) is 5.32 Å². The van der Waals surface area contributed by atoms with E-state index in [2.05, 4.69) is 19.2 Å². The molecular weight excluding hydrogens is 551 g/mol. The minimum atomic E-state index is -4.29. The Bertz CT molecular complexity index is 673. The van der Waals surface area contributed by atoms with Gasteiger partial charge in [-0.1, -0.05) is 136 Å². The predicted molar refractivity (Wildman–Crippen MR) is 175 cm³/mol. The van der Waals surface area contributed by atoms with Crippen molar-refractivity contribution < 1.29 is 32.9 Å². The zero-order valence-corrected chi connectivity index (χ0v) is 29.1. The number of amides is 1. The molecule has 3 N–H and O–H groups in total. The third kappa shape index (κ3) is 28.3. The molecule has 8 nitrogen and oxygen atoms in total. The number of carbonyl (C=O) groups is 1. The lowest BCUT2D eigenvalue weighted by atomic mass is 10.0. The summed E-state index contributed by atoms with van der Waals surface area (Å²) in [5, 5.41) is 13.8. The van der Waals surface area contributed by atoms with Crippen LogP contribution in [0.1, 0.15) is 155 Å². The topological polar surface area (TPSA) is 105 Å². The van der Waals surface area contributed by atoms with Crippen molar-refractivity contribution in [3.8, 4) is 0 Å². The number of hydrogen-bond acceptors (Lipinski definition) is 5. The fourth-order valence-corrected chi connectivity index (χ4v) is 5.72. The molecule has 0 aliphatic rings. The quantitative estimate of drug-likeness (QED) is 0.0409. The number of nitrogens with zero attached hydrogens (tertiary/aromatic N) is 1. The van der Waals surface area contributed by atoms with E-state index in [-0.39, 0.29) is 19.1 Å². The minimum absolute atomic E-state index is 0.0775. The molecule has 42 heavy (non-hydrogen) atoms. The molecule has 0 bridgehead atoms. The van der Waals surface area contributed by atoms with Crippen LogP contribution in [0.15, 0.2) is 0 Å². The molecule has 1 amide bonds. The number of carbonyl (C=O) groups excluding carboxylic acids is 1. The molecule has 0 saturated heterocycles. The van der Waals surface area contributed by atoms with Crippen molar-refractivity contribution in [2.75, 3.05) is 40.9 Å². The first-order valence-electron chi connectivity index (χ1n) is 17.4. The van der Waals surface area contributed by atoms with Crippen molar-refractivity contribution in [2.45, 2.75) is 167 Å². The summed E-state index contributed by atoms with van der Waals surface area (Å²) in [4.78, 5) is 22.8. The molecule has 0 fully saturated rings. The number of aliphatic hydroxyl groups excluding tert-OH is 1. The number of phosphoric acid groups is 1. The average molecular weight is 622 g/mol. The average Bonchev–Trinajstić information content (AvgIpc) is 2.92. The largest absolute Gasteiger partial charge is 0.472 e. The summed E-state index contributed by atoms with van der Waals surface area (Å²) >= 11 is 0. The van der Waals surface area contributed by atoms with E-state index in [1.807, 2.05) is 21.1 Å². The Hall–Kier alpha value is -0.500. The molecule has 3 atom stereocenters. The Morgan fingerprint density at radius 1 is 0.714 bits per heavy atom. The van der Waals surface area contributed by atoms with E-state index in [9.17, 15) is 19.4 Å². The second-order valence-electron chi connectivity index (χ2n) is 13.3. The van der Waals surface area contributed by atoms with Gasteiger partial charge in [-0.25, -0.2) is 4.57 Å². The van der Waals surface area contributed by atoms with Crippen molar-refractivity contribution in [3.05, 3.63) is 0 Å². The Morgan fingerprint density at radius 2 is 1.14 bits per heavy atom. The van der Waals surface area contributed by atoms with Crippen LogP contribution in [-0.2, 0) is 18.4 Å². The predicted octanol–water partition coefficient (Wildman–Crippen LogP) is 8.29. The summed E-state index contributed by atoms with van der Waals surface area (Å²) in [6, 6.07) is -0.748. The number of likely N-dealkylation sites (N-methyl/N-ethyl adjacent to an activating group) is 1. The second-order valence-corrected chi connectivity index (χ2v) is 14.7. The number of rotatable bonds is 31. The Kier molecular flexibility index (Phi) is 26.5. The van der Waals surface area contributed by atoms with Gasteiger partial charge in [0.2, 0.25) is 5.91 Å². The standard InChI is InChI=1S/C33H69N2O6P/c1-6-8-10-12-14-15-16-17-18-19-21-22-24-26-32(36)31(30-41-42(38,39)40-29-28-35(3,4)5)34-33(37)27-25-23-20-13-11-9-7-2/h31-32,36H,6-30H2,1-5H3,(H-,34,37,38,39)/p+1/t31-,32+/m0/s1.